The Morgan fingerprint density at radius 1 is 1.00 bits per heavy atom. The van der Waals surface area contributed by atoms with Gasteiger partial charge in [-0.25, -0.2) is 0 Å². The van der Waals surface area contributed by atoms with Crippen LogP contribution < -0.4 is 14.8 Å². The van der Waals surface area contributed by atoms with Crippen LogP contribution in [0.15, 0.2) is 18.2 Å². The molecule has 1 N–H and O–H groups in total. The molecule has 0 radical (unpaired) electrons. The molecule has 214 valence electrons. The van der Waals surface area contributed by atoms with Gasteiger partial charge in [0.1, 0.15) is 0 Å². The van der Waals surface area contributed by atoms with Crippen molar-refractivity contribution in [2.45, 2.75) is 59.4 Å². The highest BCUT2D eigenvalue weighted by molar-refractivity contribution is 5.95. The molecule has 2 aliphatic rings. The summed E-state index contributed by atoms with van der Waals surface area (Å²) in [6.45, 7) is 13.5. The lowest BCUT2D eigenvalue weighted by Crippen LogP contribution is -2.47. The fourth-order valence-electron chi connectivity index (χ4n) is 5.36. The molecule has 0 aromatic heterocycles. The van der Waals surface area contributed by atoms with E-state index in [1.165, 1.54) is 0 Å². The second kappa shape index (κ2) is 14.7. The summed E-state index contributed by atoms with van der Waals surface area (Å²) < 4.78 is 16.5. The maximum atomic E-state index is 13.7. The molecule has 1 aliphatic carbocycles. The Bertz CT molecular complexity index is 902. The Hall–Kier alpha value is -2.32. The zero-order valence-electron chi connectivity index (χ0n) is 24.3. The summed E-state index contributed by atoms with van der Waals surface area (Å²) in [6, 6.07) is 5.44. The van der Waals surface area contributed by atoms with E-state index in [1.807, 2.05) is 11.0 Å². The molecule has 38 heavy (non-hydrogen) atoms. The van der Waals surface area contributed by atoms with Gasteiger partial charge in [0.25, 0.3) is 5.91 Å². The van der Waals surface area contributed by atoms with E-state index in [0.29, 0.717) is 54.6 Å². The van der Waals surface area contributed by atoms with Crippen LogP contribution in [0.2, 0.25) is 0 Å². The first-order chi connectivity index (χ1) is 18.2. The van der Waals surface area contributed by atoms with Gasteiger partial charge in [-0.05, 0) is 62.6 Å². The highest BCUT2D eigenvalue weighted by Crippen LogP contribution is 2.31. The smallest absolute Gasteiger partial charge is 0.254 e. The molecule has 1 aromatic carbocycles. The summed E-state index contributed by atoms with van der Waals surface area (Å²) in [4.78, 5) is 31.0. The quantitative estimate of drug-likeness (QED) is 0.344. The maximum absolute atomic E-state index is 13.7. The topological polar surface area (TPSA) is 80.3 Å². The summed E-state index contributed by atoms with van der Waals surface area (Å²) in [5.41, 5.74) is 0.588. The van der Waals surface area contributed by atoms with Gasteiger partial charge in [0, 0.05) is 70.4 Å². The highest BCUT2D eigenvalue weighted by Gasteiger charge is 2.36. The molecule has 1 heterocycles. The van der Waals surface area contributed by atoms with E-state index in [9.17, 15) is 9.59 Å². The van der Waals surface area contributed by atoms with E-state index in [0.717, 1.165) is 51.9 Å². The number of ether oxygens (including phenoxy) is 3. The fourth-order valence-corrected chi connectivity index (χ4v) is 5.36. The number of carbonyl (C=O) groups is 2. The van der Waals surface area contributed by atoms with Gasteiger partial charge in [0.15, 0.2) is 11.5 Å². The number of benzene rings is 1. The minimum Gasteiger partial charge on any atom is -0.493 e. The predicted octanol–water partition coefficient (Wildman–Crippen LogP) is 4.08. The van der Waals surface area contributed by atoms with Crippen LogP contribution in [0.1, 0.15) is 63.7 Å². The number of amides is 2. The van der Waals surface area contributed by atoms with E-state index in [4.69, 9.17) is 14.2 Å². The van der Waals surface area contributed by atoms with Crippen LogP contribution in [-0.2, 0) is 9.53 Å². The Kier molecular flexibility index (Phi) is 11.7. The second-order valence-electron chi connectivity index (χ2n) is 11.6. The third-order valence-corrected chi connectivity index (χ3v) is 7.76. The molecule has 0 unspecified atom stereocenters. The zero-order chi connectivity index (χ0) is 27.7. The lowest BCUT2D eigenvalue weighted by atomic mass is 9.83. The van der Waals surface area contributed by atoms with Gasteiger partial charge in [-0.3, -0.25) is 9.59 Å². The van der Waals surface area contributed by atoms with Gasteiger partial charge >= 0.3 is 0 Å². The van der Waals surface area contributed by atoms with Gasteiger partial charge in [0.2, 0.25) is 5.91 Å². The maximum Gasteiger partial charge on any atom is 0.254 e. The van der Waals surface area contributed by atoms with E-state index in [2.05, 4.69) is 37.9 Å². The number of nitrogens with zero attached hydrogens (tertiary/aromatic N) is 2. The van der Waals surface area contributed by atoms with Crippen LogP contribution in [0.25, 0.3) is 0 Å². The molecule has 1 aromatic rings. The first-order valence-electron chi connectivity index (χ1n) is 14.3. The van der Waals surface area contributed by atoms with Gasteiger partial charge in [-0.2, -0.15) is 0 Å². The predicted molar refractivity (Wildman–Crippen MR) is 150 cm³/mol. The number of carbonyl (C=O) groups excluding carboxylic acids is 2. The largest absolute Gasteiger partial charge is 0.493 e. The van der Waals surface area contributed by atoms with Crippen molar-refractivity contribution in [2.75, 3.05) is 60.2 Å². The van der Waals surface area contributed by atoms with Crippen molar-refractivity contribution >= 4 is 11.8 Å². The number of hydrogen-bond donors (Lipinski definition) is 1. The van der Waals surface area contributed by atoms with Gasteiger partial charge in [-0.1, -0.05) is 20.3 Å². The number of methoxy groups -OCH3 is 2. The van der Waals surface area contributed by atoms with E-state index in [-0.39, 0.29) is 23.8 Å². The van der Waals surface area contributed by atoms with Crippen LogP contribution >= 0.6 is 0 Å². The minimum absolute atomic E-state index is 0.0142. The monoisotopic (exact) mass is 531 g/mol. The molecule has 8 heteroatoms. The molecular weight excluding hydrogens is 482 g/mol. The molecule has 8 nitrogen and oxygen atoms in total. The van der Waals surface area contributed by atoms with Crippen molar-refractivity contribution in [1.29, 1.82) is 0 Å². The van der Waals surface area contributed by atoms with E-state index >= 15 is 0 Å². The molecule has 0 bridgehead atoms. The normalized spacial score (nSPS) is 19.5. The number of rotatable bonds is 15. The molecule has 2 atom stereocenters. The molecule has 0 spiro atoms. The van der Waals surface area contributed by atoms with Crippen LogP contribution in [0.4, 0.5) is 0 Å². The second-order valence-corrected chi connectivity index (χ2v) is 11.6. The summed E-state index contributed by atoms with van der Waals surface area (Å²) >= 11 is 0. The van der Waals surface area contributed by atoms with Crippen molar-refractivity contribution in [3.63, 3.8) is 0 Å². The van der Waals surface area contributed by atoms with Crippen molar-refractivity contribution in [3.05, 3.63) is 23.8 Å². The summed E-state index contributed by atoms with van der Waals surface area (Å²) in [7, 11) is 3.27. The van der Waals surface area contributed by atoms with Crippen LogP contribution in [0.3, 0.4) is 0 Å². The molecule has 2 amide bonds. The molecule has 2 fully saturated rings. The first-order valence-corrected chi connectivity index (χ1v) is 14.3. The third kappa shape index (κ3) is 8.09. The van der Waals surface area contributed by atoms with Crippen molar-refractivity contribution in [2.24, 2.45) is 23.7 Å². The third-order valence-electron chi connectivity index (χ3n) is 7.76. The molecular formula is C30H49N3O5. The molecule has 1 saturated heterocycles. The van der Waals surface area contributed by atoms with Gasteiger partial charge in [-0.15, -0.1) is 0 Å². The summed E-state index contributed by atoms with van der Waals surface area (Å²) in [5, 5.41) is 3.54. The fraction of sp³-hybridized carbons (Fsp3) is 0.733. The minimum atomic E-state index is -0.0142. The Morgan fingerprint density at radius 2 is 1.71 bits per heavy atom. The van der Waals surface area contributed by atoms with Gasteiger partial charge < -0.3 is 29.3 Å². The highest BCUT2D eigenvalue weighted by atomic mass is 16.5. The van der Waals surface area contributed by atoms with Crippen molar-refractivity contribution < 1.29 is 23.8 Å². The Morgan fingerprint density at radius 3 is 2.29 bits per heavy atom. The van der Waals surface area contributed by atoms with Gasteiger partial charge in [0.05, 0.1) is 13.7 Å². The molecule has 1 aliphatic heterocycles. The summed E-state index contributed by atoms with van der Waals surface area (Å²) in [5.74, 6) is 2.73. The van der Waals surface area contributed by atoms with Crippen LogP contribution in [-0.4, -0.2) is 87.8 Å². The standard InChI is InChI=1S/C30H49N3O5/c1-21(2)18-32(29(34)23-9-7-10-23)19-25-16-31-17-26(25)20-33(22(3)4)30(35)24-11-12-27(37-6)28(15-24)38-14-8-13-36-5/h11-12,15,21-23,25-26,31H,7-10,13-14,16-20H2,1-6H3/t25-,26+/m1/s1. The molecule has 3 rings (SSSR count). The first kappa shape index (κ1) is 30.2. The Labute approximate surface area is 229 Å². The number of nitrogens with one attached hydrogen (secondary N) is 1. The van der Waals surface area contributed by atoms with Crippen LogP contribution in [0, 0.1) is 23.7 Å². The van der Waals surface area contributed by atoms with Crippen molar-refractivity contribution in [1.82, 2.24) is 15.1 Å². The number of hydrogen-bond acceptors (Lipinski definition) is 6. The SMILES string of the molecule is COCCCOc1cc(C(=O)N(C[C@@H]2CNC[C@@H]2CN(CC(C)C)C(=O)C2CCC2)C(C)C)ccc1OC. The lowest BCUT2D eigenvalue weighted by Gasteiger charge is -2.36. The average Bonchev–Trinajstić information content (AvgIpc) is 3.29. The molecule has 1 saturated carbocycles. The van der Waals surface area contributed by atoms with Crippen molar-refractivity contribution in [3.8, 4) is 11.5 Å². The van der Waals surface area contributed by atoms with E-state index < -0.39 is 0 Å². The Balaban J connectivity index is 1.71. The average molecular weight is 532 g/mol. The summed E-state index contributed by atoms with van der Waals surface area (Å²) in [6.07, 6.45) is 3.96. The van der Waals surface area contributed by atoms with Crippen LogP contribution in [0.5, 0.6) is 11.5 Å². The zero-order valence-corrected chi connectivity index (χ0v) is 24.3. The lowest BCUT2D eigenvalue weighted by molar-refractivity contribution is -0.139. The van der Waals surface area contributed by atoms with E-state index in [1.54, 1.807) is 26.4 Å².